The predicted molar refractivity (Wildman–Crippen MR) is 72.6 cm³/mol. The molecule has 6 nitrogen and oxygen atoms in total. The molecule has 0 bridgehead atoms. The van der Waals surface area contributed by atoms with Gasteiger partial charge >= 0.3 is 6.01 Å². The van der Waals surface area contributed by atoms with Crippen LogP contribution in [0.5, 0.6) is 6.01 Å². The maximum absolute atomic E-state index is 11.5. The molecule has 0 spiro atoms. The van der Waals surface area contributed by atoms with Gasteiger partial charge in [-0.25, -0.2) is 9.97 Å². The molecule has 0 aliphatic rings. The number of Topliss-reactive ketones (excluding diaryl/α,β-unsaturated/α-hetero) is 2. The monoisotopic (exact) mass is 280 g/mol. The number of carbonyl (C=O) groups is 2. The molecule has 1 aromatic heterocycles. The number of nitrogens with zero attached hydrogens (tertiary/aromatic N) is 2. The average Bonchev–Trinajstić information content (AvgIpc) is 2.35. The van der Waals surface area contributed by atoms with E-state index in [1.807, 2.05) is 19.9 Å². The zero-order chi connectivity index (χ0) is 15.0. The van der Waals surface area contributed by atoms with Gasteiger partial charge in [-0.15, -0.1) is 0 Å². The minimum atomic E-state index is -0.166. The Morgan fingerprint density at radius 3 is 2.15 bits per heavy atom. The maximum atomic E-state index is 11.5. The number of hydrogen-bond acceptors (Lipinski definition) is 6. The van der Waals surface area contributed by atoms with Crippen molar-refractivity contribution in [1.82, 2.24) is 9.97 Å². The molecule has 0 saturated carbocycles. The summed E-state index contributed by atoms with van der Waals surface area (Å²) in [6.07, 6.45) is 0.707. The summed E-state index contributed by atoms with van der Waals surface area (Å²) in [5, 5.41) is 8.57. The molecule has 0 atom stereocenters. The lowest BCUT2D eigenvalue weighted by atomic mass is 10.1. The van der Waals surface area contributed by atoms with Crippen LogP contribution in [0, 0.1) is 13.8 Å². The van der Waals surface area contributed by atoms with Crippen molar-refractivity contribution in [2.45, 2.75) is 39.5 Å². The van der Waals surface area contributed by atoms with Crippen molar-refractivity contribution in [3.8, 4) is 6.01 Å². The van der Waals surface area contributed by atoms with E-state index in [0.29, 0.717) is 0 Å². The van der Waals surface area contributed by atoms with Gasteiger partial charge in [-0.1, -0.05) is 0 Å². The standard InChI is InChI=1S/C14H20N2O4/c1-10-9-11(2)16-14(15-10)20-8-6-13(19)4-3-12(18)5-7-17/h9,17H,3-8H2,1-2H3. The third-order valence-corrected chi connectivity index (χ3v) is 2.65. The van der Waals surface area contributed by atoms with Gasteiger partial charge in [-0.2, -0.15) is 0 Å². The first-order chi connectivity index (χ1) is 9.51. The largest absolute Gasteiger partial charge is 0.463 e. The first kappa shape index (κ1) is 16.2. The summed E-state index contributed by atoms with van der Waals surface area (Å²) in [5.41, 5.74) is 1.63. The quantitative estimate of drug-likeness (QED) is 0.730. The highest BCUT2D eigenvalue weighted by molar-refractivity contribution is 5.86. The molecule has 6 heteroatoms. The van der Waals surface area contributed by atoms with E-state index in [1.54, 1.807) is 0 Å². The second-order valence-corrected chi connectivity index (χ2v) is 4.58. The molecule has 1 aromatic rings. The van der Waals surface area contributed by atoms with E-state index in [2.05, 4.69) is 9.97 Å². The number of aliphatic hydroxyl groups is 1. The number of aliphatic hydroxyl groups excluding tert-OH is 1. The molecule has 1 rings (SSSR count). The molecule has 0 aliphatic heterocycles. The van der Waals surface area contributed by atoms with E-state index in [-0.39, 0.29) is 56.5 Å². The van der Waals surface area contributed by atoms with E-state index >= 15 is 0 Å². The third-order valence-electron chi connectivity index (χ3n) is 2.65. The molecule has 110 valence electrons. The van der Waals surface area contributed by atoms with Crippen LogP contribution in [0.2, 0.25) is 0 Å². The predicted octanol–water partition coefficient (Wildman–Crippen LogP) is 1.16. The van der Waals surface area contributed by atoms with Crippen molar-refractivity contribution >= 4 is 11.6 Å². The highest BCUT2D eigenvalue weighted by Gasteiger charge is 2.08. The molecule has 0 fully saturated rings. The van der Waals surface area contributed by atoms with Crippen LogP contribution < -0.4 is 4.74 Å². The lowest BCUT2D eigenvalue weighted by Gasteiger charge is -2.05. The molecule has 0 aromatic carbocycles. The molecule has 0 amide bonds. The van der Waals surface area contributed by atoms with Crippen LogP contribution in [0.25, 0.3) is 0 Å². The van der Waals surface area contributed by atoms with Gasteiger partial charge in [0.2, 0.25) is 0 Å². The van der Waals surface area contributed by atoms with Crippen molar-refractivity contribution < 1.29 is 19.4 Å². The number of ketones is 2. The first-order valence-corrected chi connectivity index (χ1v) is 6.60. The molecular weight excluding hydrogens is 260 g/mol. The Morgan fingerprint density at radius 1 is 1.05 bits per heavy atom. The molecule has 1 heterocycles. The summed E-state index contributed by atoms with van der Waals surface area (Å²) < 4.78 is 5.32. The van der Waals surface area contributed by atoms with Gasteiger partial charge in [0.15, 0.2) is 0 Å². The van der Waals surface area contributed by atoms with E-state index in [9.17, 15) is 9.59 Å². The fraction of sp³-hybridized carbons (Fsp3) is 0.571. The van der Waals surface area contributed by atoms with Crippen molar-refractivity contribution in [2.75, 3.05) is 13.2 Å². The molecule has 20 heavy (non-hydrogen) atoms. The highest BCUT2D eigenvalue weighted by atomic mass is 16.5. The van der Waals surface area contributed by atoms with Crippen LogP contribution >= 0.6 is 0 Å². The van der Waals surface area contributed by atoms with E-state index in [1.165, 1.54) is 0 Å². The summed E-state index contributed by atoms with van der Waals surface area (Å²) in [7, 11) is 0. The first-order valence-electron chi connectivity index (χ1n) is 6.60. The van der Waals surface area contributed by atoms with Gasteiger partial charge in [0.05, 0.1) is 6.61 Å². The van der Waals surface area contributed by atoms with Crippen LogP contribution in [0.1, 0.15) is 37.1 Å². The summed E-state index contributed by atoms with van der Waals surface area (Å²) in [6, 6.07) is 2.11. The Bertz CT molecular complexity index is 454. The Hall–Kier alpha value is -1.82. The minimum absolute atomic E-state index is 0.0411. The van der Waals surface area contributed by atoms with Crippen molar-refractivity contribution in [2.24, 2.45) is 0 Å². The van der Waals surface area contributed by atoms with Crippen molar-refractivity contribution in [3.63, 3.8) is 0 Å². The lowest BCUT2D eigenvalue weighted by Crippen LogP contribution is -2.10. The summed E-state index contributed by atoms with van der Waals surface area (Å²) in [4.78, 5) is 30.9. The lowest BCUT2D eigenvalue weighted by molar-refractivity contribution is -0.124. The number of aromatic nitrogens is 2. The summed E-state index contributed by atoms with van der Waals surface area (Å²) >= 11 is 0. The van der Waals surface area contributed by atoms with E-state index in [4.69, 9.17) is 9.84 Å². The third kappa shape index (κ3) is 6.38. The van der Waals surface area contributed by atoms with Gasteiger partial charge in [0.1, 0.15) is 11.6 Å². The number of hydrogen-bond donors (Lipinski definition) is 1. The van der Waals surface area contributed by atoms with Gasteiger partial charge in [-0.3, -0.25) is 9.59 Å². The molecule has 0 aliphatic carbocycles. The fourth-order valence-corrected chi connectivity index (χ4v) is 1.67. The van der Waals surface area contributed by atoms with Gasteiger partial charge in [0, 0.05) is 43.7 Å². The van der Waals surface area contributed by atoms with E-state index in [0.717, 1.165) is 11.4 Å². The molecular formula is C14H20N2O4. The smallest absolute Gasteiger partial charge is 0.316 e. The Labute approximate surface area is 118 Å². The topological polar surface area (TPSA) is 89.4 Å². The number of rotatable bonds is 9. The second kappa shape index (κ2) is 8.37. The molecule has 0 saturated heterocycles. The van der Waals surface area contributed by atoms with Gasteiger partial charge in [0.25, 0.3) is 0 Å². The van der Waals surface area contributed by atoms with Gasteiger partial charge < -0.3 is 9.84 Å². The Morgan fingerprint density at radius 2 is 1.60 bits per heavy atom. The van der Waals surface area contributed by atoms with Gasteiger partial charge in [-0.05, 0) is 19.9 Å². The van der Waals surface area contributed by atoms with Crippen LogP contribution in [0.3, 0.4) is 0 Å². The zero-order valence-corrected chi connectivity index (χ0v) is 11.9. The van der Waals surface area contributed by atoms with Crippen molar-refractivity contribution in [1.29, 1.82) is 0 Å². The SMILES string of the molecule is Cc1cc(C)nc(OCCC(=O)CCC(=O)CCO)n1. The Kier molecular flexibility index (Phi) is 6.79. The van der Waals surface area contributed by atoms with Crippen LogP contribution in [-0.4, -0.2) is 39.9 Å². The van der Waals surface area contributed by atoms with Crippen LogP contribution in [0.15, 0.2) is 6.07 Å². The highest BCUT2D eigenvalue weighted by Crippen LogP contribution is 2.07. The summed E-state index contributed by atoms with van der Waals surface area (Å²) in [6.45, 7) is 3.73. The molecule has 0 unspecified atom stereocenters. The normalized spacial score (nSPS) is 10.3. The van der Waals surface area contributed by atoms with Crippen LogP contribution in [-0.2, 0) is 9.59 Å². The molecule has 0 radical (unpaired) electrons. The number of carbonyl (C=O) groups excluding carboxylic acids is 2. The summed E-state index contributed by atoms with van der Waals surface area (Å²) in [5.74, 6) is -0.139. The van der Waals surface area contributed by atoms with Crippen molar-refractivity contribution in [3.05, 3.63) is 17.5 Å². The minimum Gasteiger partial charge on any atom is -0.463 e. The zero-order valence-electron chi connectivity index (χ0n) is 11.9. The second-order valence-electron chi connectivity index (χ2n) is 4.58. The average molecular weight is 280 g/mol. The number of aryl methyl sites for hydroxylation is 2. The fourth-order valence-electron chi connectivity index (χ4n) is 1.67. The van der Waals surface area contributed by atoms with E-state index < -0.39 is 0 Å². The maximum Gasteiger partial charge on any atom is 0.316 e. The number of ether oxygens (including phenoxy) is 1. The Balaban J connectivity index is 2.26. The van der Waals surface area contributed by atoms with Crippen LogP contribution in [0.4, 0.5) is 0 Å². The molecule has 1 N–H and O–H groups in total.